The lowest BCUT2D eigenvalue weighted by atomic mass is 10.1. The molecular formula is C20H23NO5. The third-order valence-corrected chi connectivity index (χ3v) is 3.60. The van der Waals surface area contributed by atoms with Crippen LogP contribution in [0.5, 0.6) is 17.2 Å². The van der Waals surface area contributed by atoms with Gasteiger partial charge in [-0.15, -0.1) is 0 Å². The minimum Gasteiger partial charge on any atom is -0.490 e. The van der Waals surface area contributed by atoms with E-state index in [1.807, 2.05) is 25.1 Å². The number of rotatable bonds is 10. The van der Waals surface area contributed by atoms with Crippen molar-refractivity contribution in [3.8, 4) is 17.2 Å². The topological polar surface area (TPSA) is 84.9 Å². The second-order valence-corrected chi connectivity index (χ2v) is 5.58. The summed E-state index contributed by atoms with van der Waals surface area (Å²) in [7, 11) is 0. The van der Waals surface area contributed by atoms with Crippen molar-refractivity contribution in [3.63, 3.8) is 0 Å². The minimum absolute atomic E-state index is 0.101. The van der Waals surface area contributed by atoms with Gasteiger partial charge in [0.1, 0.15) is 5.75 Å². The van der Waals surface area contributed by atoms with Crippen LogP contribution in [0.4, 0.5) is 0 Å². The maximum atomic E-state index is 12.4. The van der Waals surface area contributed by atoms with Crippen molar-refractivity contribution in [2.75, 3.05) is 13.2 Å². The highest BCUT2D eigenvalue weighted by Crippen LogP contribution is 2.32. The van der Waals surface area contributed by atoms with Gasteiger partial charge in [0.05, 0.1) is 12.2 Å². The summed E-state index contributed by atoms with van der Waals surface area (Å²) in [6, 6.07) is 14.3. The van der Waals surface area contributed by atoms with Crippen LogP contribution in [-0.2, 0) is 4.79 Å². The molecule has 0 bridgehead atoms. The van der Waals surface area contributed by atoms with E-state index in [9.17, 15) is 9.59 Å². The van der Waals surface area contributed by atoms with E-state index >= 15 is 0 Å². The van der Waals surface area contributed by atoms with E-state index in [0.717, 1.165) is 0 Å². The van der Waals surface area contributed by atoms with E-state index in [0.29, 0.717) is 48.8 Å². The van der Waals surface area contributed by atoms with Crippen LogP contribution in [0.1, 0.15) is 36.5 Å². The zero-order valence-corrected chi connectivity index (χ0v) is 14.7. The Morgan fingerprint density at radius 3 is 2.31 bits per heavy atom. The summed E-state index contributed by atoms with van der Waals surface area (Å²) < 4.78 is 11.5. The zero-order valence-electron chi connectivity index (χ0n) is 14.7. The fourth-order valence-corrected chi connectivity index (χ4v) is 2.37. The average Bonchev–Trinajstić information content (AvgIpc) is 2.63. The summed E-state index contributed by atoms with van der Waals surface area (Å²) in [5.41, 5.74) is 0.414. The van der Waals surface area contributed by atoms with E-state index in [1.54, 1.807) is 30.3 Å². The molecule has 0 aromatic heterocycles. The van der Waals surface area contributed by atoms with Crippen molar-refractivity contribution in [2.24, 2.45) is 0 Å². The molecule has 2 rings (SSSR count). The van der Waals surface area contributed by atoms with Crippen LogP contribution in [0, 0.1) is 0 Å². The van der Waals surface area contributed by atoms with Crippen LogP contribution in [-0.4, -0.2) is 30.1 Å². The Hall–Kier alpha value is -3.02. The predicted molar refractivity (Wildman–Crippen MR) is 97.9 cm³/mol. The van der Waals surface area contributed by atoms with E-state index < -0.39 is 5.97 Å². The standard InChI is InChI=1S/C20H23NO5/c1-2-25-17-11-5-6-12-18(17)26-16-10-4-3-9-15(16)20(24)21-14-8-7-13-19(22)23/h3-6,9-12H,2,7-8,13-14H2,1H3,(H,21,24)(H,22,23). The Balaban J connectivity index is 2.03. The molecule has 6 nitrogen and oxygen atoms in total. The van der Waals surface area contributed by atoms with Gasteiger partial charge in [0.15, 0.2) is 11.5 Å². The highest BCUT2D eigenvalue weighted by molar-refractivity contribution is 5.97. The normalized spacial score (nSPS) is 10.2. The first-order valence-corrected chi connectivity index (χ1v) is 8.60. The number of amides is 1. The van der Waals surface area contributed by atoms with Crippen molar-refractivity contribution in [2.45, 2.75) is 26.2 Å². The number of ether oxygens (including phenoxy) is 2. The number of aliphatic carboxylic acids is 1. The molecule has 0 aliphatic heterocycles. The fraction of sp³-hybridized carbons (Fsp3) is 0.300. The van der Waals surface area contributed by atoms with Gasteiger partial charge in [0, 0.05) is 13.0 Å². The molecule has 1 amide bonds. The molecule has 0 atom stereocenters. The van der Waals surface area contributed by atoms with Crippen LogP contribution in [0.3, 0.4) is 0 Å². The molecule has 138 valence electrons. The van der Waals surface area contributed by atoms with E-state index in [2.05, 4.69) is 5.32 Å². The average molecular weight is 357 g/mol. The number of carbonyl (C=O) groups excluding carboxylic acids is 1. The summed E-state index contributed by atoms with van der Waals surface area (Å²) in [6.07, 6.45) is 1.23. The first-order chi connectivity index (χ1) is 12.6. The van der Waals surface area contributed by atoms with Gasteiger partial charge in [-0.3, -0.25) is 9.59 Å². The van der Waals surface area contributed by atoms with Crippen LogP contribution >= 0.6 is 0 Å². The predicted octanol–water partition coefficient (Wildman–Crippen LogP) is 3.86. The minimum atomic E-state index is -0.831. The summed E-state index contributed by atoms with van der Waals surface area (Å²) in [5.74, 6) is 0.491. The third-order valence-electron chi connectivity index (χ3n) is 3.60. The Morgan fingerprint density at radius 2 is 1.62 bits per heavy atom. The Bertz CT molecular complexity index is 744. The van der Waals surface area contributed by atoms with Gasteiger partial charge < -0.3 is 19.9 Å². The van der Waals surface area contributed by atoms with Crippen LogP contribution in [0.2, 0.25) is 0 Å². The fourth-order valence-electron chi connectivity index (χ4n) is 2.37. The summed E-state index contributed by atoms with van der Waals surface area (Å²) in [6.45, 7) is 2.82. The van der Waals surface area contributed by atoms with Gasteiger partial charge in [-0.2, -0.15) is 0 Å². The Kier molecular flexibility index (Phi) is 7.49. The molecule has 0 saturated carbocycles. The van der Waals surface area contributed by atoms with E-state index in [1.165, 1.54) is 0 Å². The summed E-state index contributed by atoms with van der Waals surface area (Å²) in [5, 5.41) is 11.4. The monoisotopic (exact) mass is 357 g/mol. The lowest BCUT2D eigenvalue weighted by Crippen LogP contribution is -2.25. The van der Waals surface area contributed by atoms with Gasteiger partial charge in [-0.05, 0) is 44.0 Å². The molecule has 26 heavy (non-hydrogen) atoms. The zero-order chi connectivity index (χ0) is 18.8. The summed E-state index contributed by atoms with van der Waals surface area (Å²) in [4.78, 5) is 22.9. The van der Waals surface area contributed by atoms with E-state index in [-0.39, 0.29) is 12.3 Å². The largest absolute Gasteiger partial charge is 0.490 e. The molecule has 2 N–H and O–H groups in total. The number of hydrogen-bond donors (Lipinski definition) is 2. The number of benzene rings is 2. The highest BCUT2D eigenvalue weighted by atomic mass is 16.5. The number of unbranched alkanes of at least 4 members (excludes halogenated alkanes) is 1. The molecule has 0 fully saturated rings. The molecule has 0 aliphatic rings. The lowest BCUT2D eigenvalue weighted by Gasteiger charge is -2.14. The molecule has 2 aromatic carbocycles. The first kappa shape index (κ1) is 19.3. The van der Waals surface area contributed by atoms with Gasteiger partial charge in [-0.1, -0.05) is 24.3 Å². The molecule has 0 heterocycles. The molecule has 0 unspecified atom stereocenters. The second kappa shape index (κ2) is 10.1. The van der Waals surface area contributed by atoms with Gasteiger partial charge in [-0.25, -0.2) is 0 Å². The molecule has 0 aliphatic carbocycles. The molecule has 0 saturated heterocycles. The number of carboxylic acid groups (broad SMARTS) is 1. The number of para-hydroxylation sites is 3. The van der Waals surface area contributed by atoms with Crippen molar-refractivity contribution in [1.29, 1.82) is 0 Å². The van der Waals surface area contributed by atoms with Crippen LogP contribution in [0.25, 0.3) is 0 Å². The Morgan fingerprint density at radius 1 is 0.962 bits per heavy atom. The number of carbonyl (C=O) groups is 2. The van der Waals surface area contributed by atoms with Crippen molar-refractivity contribution < 1.29 is 24.2 Å². The quantitative estimate of drug-likeness (QED) is 0.631. The lowest BCUT2D eigenvalue weighted by molar-refractivity contribution is -0.137. The maximum absolute atomic E-state index is 12.4. The van der Waals surface area contributed by atoms with Crippen molar-refractivity contribution in [1.82, 2.24) is 5.32 Å². The van der Waals surface area contributed by atoms with E-state index in [4.69, 9.17) is 14.6 Å². The molecule has 0 radical (unpaired) electrons. The number of hydrogen-bond acceptors (Lipinski definition) is 4. The van der Waals surface area contributed by atoms with Crippen molar-refractivity contribution in [3.05, 3.63) is 54.1 Å². The van der Waals surface area contributed by atoms with Gasteiger partial charge >= 0.3 is 5.97 Å². The molecule has 6 heteroatoms. The van der Waals surface area contributed by atoms with Gasteiger partial charge in [0.25, 0.3) is 5.91 Å². The second-order valence-electron chi connectivity index (χ2n) is 5.58. The smallest absolute Gasteiger partial charge is 0.303 e. The number of carboxylic acids is 1. The van der Waals surface area contributed by atoms with Crippen molar-refractivity contribution >= 4 is 11.9 Å². The maximum Gasteiger partial charge on any atom is 0.303 e. The first-order valence-electron chi connectivity index (χ1n) is 8.60. The van der Waals surface area contributed by atoms with Gasteiger partial charge in [0.2, 0.25) is 0 Å². The SMILES string of the molecule is CCOc1ccccc1Oc1ccccc1C(=O)NCCCCC(=O)O. The molecule has 2 aromatic rings. The number of nitrogens with one attached hydrogen (secondary N) is 1. The van der Waals surface area contributed by atoms with Crippen LogP contribution in [0.15, 0.2) is 48.5 Å². The highest BCUT2D eigenvalue weighted by Gasteiger charge is 2.14. The Labute approximate surface area is 152 Å². The molecular weight excluding hydrogens is 334 g/mol. The third kappa shape index (κ3) is 5.81. The summed E-state index contributed by atoms with van der Waals surface area (Å²) >= 11 is 0. The van der Waals surface area contributed by atoms with Crippen LogP contribution < -0.4 is 14.8 Å². The molecule has 0 spiro atoms.